The summed E-state index contributed by atoms with van der Waals surface area (Å²) in [6, 6.07) is 7.98. The molecule has 0 radical (unpaired) electrons. The van der Waals surface area contributed by atoms with E-state index in [0.717, 1.165) is 28.5 Å². The Balaban J connectivity index is 1.99. The minimum atomic E-state index is -3.55. The molecule has 25 heavy (non-hydrogen) atoms. The molecule has 0 bridgehead atoms. The maximum absolute atomic E-state index is 13.6. The number of nitro groups is 1. The molecule has 1 heterocycles. The van der Waals surface area contributed by atoms with Gasteiger partial charge in [-0.25, -0.2) is 12.8 Å². The second-order valence-corrected chi connectivity index (χ2v) is 8.88. The van der Waals surface area contributed by atoms with Gasteiger partial charge in [0.1, 0.15) is 11.5 Å². The summed E-state index contributed by atoms with van der Waals surface area (Å²) >= 11 is 1.61. The summed E-state index contributed by atoms with van der Waals surface area (Å²) in [7, 11) is -3.55. The van der Waals surface area contributed by atoms with Gasteiger partial charge in [0, 0.05) is 23.0 Å². The van der Waals surface area contributed by atoms with E-state index in [-0.39, 0.29) is 28.1 Å². The number of nitrogens with zero attached hydrogens (tertiary/aromatic N) is 1. The number of fused-ring (bicyclic) bond motifs is 1. The topological polar surface area (TPSA) is 89.3 Å². The van der Waals surface area contributed by atoms with E-state index in [0.29, 0.717) is 6.42 Å². The lowest BCUT2D eigenvalue weighted by Gasteiger charge is -2.26. The first kappa shape index (κ1) is 17.7. The molecule has 2 aromatic carbocycles. The third kappa shape index (κ3) is 3.77. The standard InChI is InChI=1S/C16H15FN2O4S2/c1-25(22,23)11-3-4-14(15(9-11)19(20)21)18-13-6-7-24-16-5-2-10(17)8-12(13)16/h2-5,8-9,13,18H,6-7H2,1H3. The second-order valence-electron chi connectivity index (χ2n) is 5.72. The van der Waals surface area contributed by atoms with Crippen molar-refractivity contribution in [3.05, 3.63) is 57.9 Å². The Labute approximate surface area is 148 Å². The maximum Gasteiger partial charge on any atom is 0.293 e. The predicted octanol–water partition coefficient (Wildman–Crippen LogP) is 3.79. The van der Waals surface area contributed by atoms with Crippen molar-refractivity contribution in [2.75, 3.05) is 17.3 Å². The number of anilines is 1. The van der Waals surface area contributed by atoms with E-state index in [1.165, 1.54) is 24.3 Å². The number of thioether (sulfide) groups is 1. The summed E-state index contributed by atoms with van der Waals surface area (Å²) in [5.41, 5.74) is 0.640. The molecule has 0 amide bonds. The third-order valence-corrected chi connectivity index (χ3v) is 6.17. The van der Waals surface area contributed by atoms with Gasteiger partial charge in [-0.2, -0.15) is 0 Å². The average molecular weight is 382 g/mol. The van der Waals surface area contributed by atoms with Crippen LogP contribution in [-0.2, 0) is 9.84 Å². The van der Waals surface area contributed by atoms with E-state index in [2.05, 4.69) is 5.32 Å². The number of rotatable bonds is 4. The zero-order chi connectivity index (χ0) is 18.2. The van der Waals surface area contributed by atoms with Crippen LogP contribution in [0.2, 0.25) is 0 Å². The predicted molar refractivity (Wildman–Crippen MR) is 94.3 cm³/mol. The molecule has 1 unspecified atom stereocenters. The van der Waals surface area contributed by atoms with Crippen LogP contribution in [0, 0.1) is 15.9 Å². The van der Waals surface area contributed by atoms with Crippen molar-refractivity contribution < 1.29 is 17.7 Å². The molecular weight excluding hydrogens is 367 g/mol. The fourth-order valence-electron chi connectivity index (χ4n) is 2.72. The fourth-order valence-corrected chi connectivity index (χ4v) is 4.46. The number of halogens is 1. The van der Waals surface area contributed by atoms with Gasteiger partial charge < -0.3 is 5.32 Å². The lowest BCUT2D eigenvalue weighted by molar-refractivity contribution is -0.384. The Morgan fingerprint density at radius 3 is 2.72 bits per heavy atom. The van der Waals surface area contributed by atoms with Crippen LogP contribution in [0.3, 0.4) is 0 Å². The summed E-state index contributed by atoms with van der Waals surface area (Å²) < 4.78 is 36.8. The van der Waals surface area contributed by atoms with Crippen molar-refractivity contribution in [3.63, 3.8) is 0 Å². The van der Waals surface area contributed by atoms with E-state index >= 15 is 0 Å². The fraction of sp³-hybridized carbons (Fsp3) is 0.250. The normalized spacial score (nSPS) is 17.0. The molecule has 9 heteroatoms. The highest BCUT2D eigenvalue weighted by Gasteiger charge is 2.25. The molecule has 0 aliphatic carbocycles. The lowest BCUT2D eigenvalue weighted by atomic mass is 10.0. The number of sulfone groups is 1. The van der Waals surface area contributed by atoms with E-state index < -0.39 is 14.8 Å². The van der Waals surface area contributed by atoms with Crippen LogP contribution in [0.1, 0.15) is 18.0 Å². The van der Waals surface area contributed by atoms with Gasteiger partial charge in [0.2, 0.25) is 0 Å². The number of hydrogen-bond donors (Lipinski definition) is 1. The lowest BCUT2D eigenvalue weighted by Crippen LogP contribution is -2.17. The van der Waals surface area contributed by atoms with E-state index in [1.54, 1.807) is 17.8 Å². The van der Waals surface area contributed by atoms with Gasteiger partial charge in [-0.1, -0.05) is 0 Å². The Kier molecular flexibility index (Phi) is 4.70. The van der Waals surface area contributed by atoms with Gasteiger partial charge in [0.25, 0.3) is 5.69 Å². The van der Waals surface area contributed by atoms with Crippen molar-refractivity contribution in [1.82, 2.24) is 0 Å². The molecule has 6 nitrogen and oxygen atoms in total. The summed E-state index contributed by atoms with van der Waals surface area (Å²) in [5, 5.41) is 14.4. The molecule has 2 aromatic rings. The first-order chi connectivity index (χ1) is 11.8. The summed E-state index contributed by atoms with van der Waals surface area (Å²) in [6.07, 6.45) is 1.67. The van der Waals surface area contributed by atoms with Crippen molar-refractivity contribution in [2.45, 2.75) is 22.3 Å². The molecular formula is C16H15FN2O4S2. The SMILES string of the molecule is CS(=O)(=O)c1ccc(NC2CCSc3ccc(F)cc32)c([N+](=O)[O-])c1. The zero-order valence-electron chi connectivity index (χ0n) is 13.2. The highest BCUT2D eigenvalue weighted by molar-refractivity contribution is 7.99. The zero-order valence-corrected chi connectivity index (χ0v) is 14.9. The average Bonchev–Trinajstić information content (AvgIpc) is 2.54. The monoisotopic (exact) mass is 382 g/mol. The van der Waals surface area contributed by atoms with E-state index in [9.17, 15) is 22.9 Å². The van der Waals surface area contributed by atoms with Gasteiger partial charge in [0.15, 0.2) is 9.84 Å². The smallest absolute Gasteiger partial charge is 0.293 e. The number of benzene rings is 2. The van der Waals surface area contributed by atoms with Crippen molar-refractivity contribution in [2.24, 2.45) is 0 Å². The van der Waals surface area contributed by atoms with Crippen LogP contribution >= 0.6 is 11.8 Å². The largest absolute Gasteiger partial charge is 0.373 e. The van der Waals surface area contributed by atoms with Gasteiger partial charge in [-0.3, -0.25) is 10.1 Å². The highest BCUT2D eigenvalue weighted by atomic mass is 32.2. The Hall–Kier alpha value is -2.13. The Morgan fingerprint density at radius 2 is 2.04 bits per heavy atom. The quantitative estimate of drug-likeness (QED) is 0.639. The molecule has 0 saturated carbocycles. The van der Waals surface area contributed by atoms with Crippen LogP contribution in [-0.4, -0.2) is 25.3 Å². The van der Waals surface area contributed by atoms with E-state index in [4.69, 9.17) is 0 Å². The molecule has 1 N–H and O–H groups in total. The minimum Gasteiger partial charge on any atom is -0.373 e. The number of nitrogens with one attached hydrogen (secondary N) is 1. The van der Waals surface area contributed by atoms with Gasteiger partial charge in [-0.15, -0.1) is 11.8 Å². The first-order valence-corrected chi connectivity index (χ1v) is 10.3. The van der Waals surface area contributed by atoms with Crippen LogP contribution in [0.5, 0.6) is 0 Å². The van der Waals surface area contributed by atoms with Crippen LogP contribution < -0.4 is 5.32 Å². The molecule has 132 valence electrons. The van der Waals surface area contributed by atoms with Gasteiger partial charge in [-0.05, 0) is 42.3 Å². The van der Waals surface area contributed by atoms with Gasteiger partial charge in [0.05, 0.1) is 15.9 Å². The second kappa shape index (κ2) is 6.64. The van der Waals surface area contributed by atoms with Crippen LogP contribution in [0.25, 0.3) is 0 Å². The Morgan fingerprint density at radius 1 is 1.28 bits per heavy atom. The molecule has 1 aliphatic heterocycles. The van der Waals surface area contributed by atoms with Gasteiger partial charge >= 0.3 is 0 Å². The molecule has 0 fully saturated rings. The molecule has 1 aliphatic rings. The van der Waals surface area contributed by atoms with Crippen LogP contribution in [0.15, 0.2) is 46.2 Å². The minimum absolute atomic E-state index is 0.115. The summed E-state index contributed by atoms with van der Waals surface area (Å²) in [4.78, 5) is 11.5. The molecule has 3 rings (SSSR count). The molecule has 0 saturated heterocycles. The summed E-state index contributed by atoms with van der Waals surface area (Å²) in [5.74, 6) is 0.431. The molecule has 0 aromatic heterocycles. The first-order valence-electron chi connectivity index (χ1n) is 7.43. The van der Waals surface area contributed by atoms with Crippen LogP contribution in [0.4, 0.5) is 15.8 Å². The van der Waals surface area contributed by atoms with Crippen molar-refractivity contribution in [1.29, 1.82) is 0 Å². The number of hydrogen-bond acceptors (Lipinski definition) is 6. The molecule has 0 spiro atoms. The van der Waals surface area contributed by atoms with E-state index in [1.807, 2.05) is 0 Å². The highest BCUT2D eigenvalue weighted by Crippen LogP contribution is 2.40. The maximum atomic E-state index is 13.6. The third-order valence-electron chi connectivity index (χ3n) is 3.94. The number of nitro benzene ring substituents is 1. The summed E-state index contributed by atoms with van der Waals surface area (Å²) in [6.45, 7) is 0. The van der Waals surface area contributed by atoms with Crippen molar-refractivity contribution >= 4 is 33.0 Å². The van der Waals surface area contributed by atoms with Crippen molar-refractivity contribution in [3.8, 4) is 0 Å². The molecule has 1 atom stereocenters. The Bertz CT molecular complexity index is 947.